The zero-order valence-corrected chi connectivity index (χ0v) is 14.5. The Hall–Kier alpha value is -2.77. The molecule has 0 unspecified atom stereocenters. The molecule has 0 atom stereocenters. The summed E-state index contributed by atoms with van der Waals surface area (Å²) in [5.74, 6) is 0.658. The molecule has 3 aromatic rings. The molecule has 2 N–H and O–H groups in total. The highest BCUT2D eigenvalue weighted by atomic mass is 32.2. The van der Waals surface area contributed by atoms with Gasteiger partial charge in [-0.25, -0.2) is 23.1 Å². The van der Waals surface area contributed by atoms with Crippen LogP contribution in [-0.4, -0.2) is 18.4 Å². The van der Waals surface area contributed by atoms with E-state index in [9.17, 15) is 8.42 Å². The van der Waals surface area contributed by atoms with Crippen LogP contribution in [0.5, 0.6) is 0 Å². The first-order valence-electron chi connectivity index (χ1n) is 7.72. The molecule has 25 heavy (non-hydrogen) atoms. The predicted octanol–water partition coefficient (Wildman–Crippen LogP) is 3.01. The fraction of sp³-hybridized carbons (Fsp3) is 0.111. The molecule has 0 fully saturated rings. The van der Waals surface area contributed by atoms with E-state index >= 15 is 0 Å². The van der Waals surface area contributed by atoms with Crippen LogP contribution in [0.4, 0.5) is 11.5 Å². The predicted molar refractivity (Wildman–Crippen MR) is 97.0 cm³/mol. The first-order valence-corrected chi connectivity index (χ1v) is 9.20. The molecule has 128 valence electrons. The van der Waals surface area contributed by atoms with Crippen molar-refractivity contribution in [2.75, 3.05) is 5.32 Å². The molecule has 0 bridgehead atoms. The molecule has 1 heterocycles. The summed E-state index contributed by atoms with van der Waals surface area (Å²) in [5, 5.41) is 3.11. The van der Waals surface area contributed by atoms with Gasteiger partial charge in [0.25, 0.3) is 0 Å². The van der Waals surface area contributed by atoms with Crippen LogP contribution in [-0.2, 0) is 16.6 Å². The summed E-state index contributed by atoms with van der Waals surface area (Å²) < 4.78 is 27.3. The molecule has 0 aliphatic rings. The molecule has 0 amide bonds. The Balaban J connectivity index is 1.68. The Kier molecular flexibility index (Phi) is 5.06. The van der Waals surface area contributed by atoms with Crippen LogP contribution in [0.2, 0.25) is 0 Å². The van der Waals surface area contributed by atoms with Gasteiger partial charge in [-0.05, 0) is 36.8 Å². The van der Waals surface area contributed by atoms with Gasteiger partial charge < -0.3 is 5.32 Å². The molecule has 0 saturated heterocycles. The van der Waals surface area contributed by atoms with E-state index in [0.29, 0.717) is 5.82 Å². The lowest BCUT2D eigenvalue weighted by Gasteiger charge is -2.09. The van der Waals surface area contributed by atoms with Gasteiger partial charge in [-0.15, -0.1) is 0 Å². The topological polar surface area (TPSA) is 84.0 Å². The molecule has 3 rings (SSSR count). The average molecular weight is 354 g/mol. The number of nitrogens with one attached hydrogen (secondary N) is 2. The Labute approximate surface area is 147 Å². The monoisotopic (exact) mass is 354 g/mol. The van der Waals surface area contributed by atoms with Crippen molar-refractivity contribution in [3.8, 4) is 0 Å². The van der Waals surface area contributed by atoms with Gasteiger partial charge in [-0.3, -0.25) is 0 Å². The van der Waals surface area contributed by atoms with Crippen molar-refractivity contribution in [2.45, 2.75) is 18.4 Å². The minimum atomic E-state index is -3.56. The van der Waals surface area contributed by atoms with Gasteiger partial charge in [0, 0.05) is 24.0 Å². The summed E-state index contributed by atoms with van der Waals surface area (Å²) in [6, 6.07) is 17.7. The van der Waals surface area contributed by atoms with Crippen LogP contribution in [0, 0.1) is 6.92 Å². The lowest BCUT2D eigenvalue weighted by atomic mass is 10.2. The van der Waals surface area contributed by atoms with Crippen molar-refractivity contribution >= 4 is 21.5 Å². The Bertz CT molecular complexity index is 942. The third-order valence-corrected chi connectivity index (χ3v) is 4.97. The number of hydrogen-bond acceptors (Lipinski definition) is 5. The summed E-state index contributed by atoms with van der Waals surface area (Å²) in [6.45, 7) is 2.13. The summed E-state index contributed by atoms with van der Waals surface area (Å²) in [7, 11) is -3.56. The smallest absolute Gasteiger partial charge is 0.240 e. The van der Waals surface area contributed by atoms with Gasteiger partial charge in [-0.2, -0.15) is 0 Å². The second-order valence-electron chi connectivity index (χ2n) is 5.50. The first-order chi connectivity index (χ1) is 12.0. The lowest BCUT2D eigenvalue weighted by molar-refractivity contribution is 0.581. The van der Waals surface area contributed by atoms with Gasteiger partial charge in [0.1, 0.15) is 12.1 Å². The fourth-order valence-electron chi connectivity index (χ4n) is 2.25. The number of rotatable bonds is 6. The number of aromatic nitrogens is 2. The van der Waals surface area contributed by atoms with Crippen molar-refractivity contribution in [2.24, 2.45) is 0 Å². The number of sulfonamides is 1. The molecule has 0 aliphatic carbocycles. The van der Waals surface area contributed by atoms with Crippen molar-refractivity contribution in [3.05, 3.63) is 78.2 Å². The van der Waals surface area contributed by atoms with Crippen LogP contribution in [0.3, 0.4) is 0 Å². The summed E-state index contributed by atoms with van der Waals surface area (Å²) in [6.07, 6.45) is 1.48. The van der Waals surface area contributed by atoms with E-state index in [2.05, 4.69) is 20.0 Å². The van der Waals surface area contributed by atoms with Gasteiger partial charge >= 0.3 is 0 Å². The number of benzene rings is 2. The van der Waals surface area contributed by atoms with Crippen molar-refractivity contribution in [1.82, 2.24) is 14.7 Å². The number of nitrogens with zero attached hydrogens (tertiary/aromatic N) is 2. The van der Waals surface area contributed by atoms with E-state index in [-0.39, 0.29) is 11.4 Å². The maximum atomic E-state index is 12.4. The third kappa shape index (κ3) is 4.62. The van der Waals surface area contributed by atoms with Crippen LogP contribution in [0.25, 0.3) is 0 Å². The molecule has 7 heteroatoms. The molecule has 1 aromatic heterocycles. The van der Waals surface area contributed by atoms with E-state index in [1.54, 1.807) is 24.3 Å². The number of anilines is 2. The summed E-state index contributed by atoms with van der Waals surface area (Å²) >= 11 is 0. The van der Waals surface area contributed by atoms with Crippen molar-refractivity contribution in [1.29, 1.82) is 0 Å². The third-order valence-electron chi connectivity index (χ3n) is 3.55. The molecule has 0 radical (unpaired) electrons. The normalized spacial score (nSPS) is 11.2. The minimum absolute atomic E-state index is 0.216. The Morgan fingerprint density at radius 2 is 1.68 bits per heavy atom. The molecule has 0 saturated carbocycles. The van der Waals surface area contributed by atoms with E-state index in [0.717, 1.165) is 16.9 Å². The van der Waals surface area contributed by atoms with E-state index in [1.165, 1.54) is 6.33 Å². The van der Waals surface area contributed by atoms with Crippen molar-refractivity contribution in [3.63, 3.8) is 0 Å². The van der Waals surface area contributed by atoms with E-state index in [1.807, 2.05) is 43.3 Å². The molecule has 0 spiro atoms. The average Bonchev–Trinajstić information content (AvgIpc) is 2.62. The Morgan fingerprint density at radius 3 is 2.36 bits per heavy atom. The number of hydrogen-bond donors (Lipinski definition) is 2. The fourth-order valence-corrected chi connectivity index (χ4v) is 3.26. The minimum Gasteiger partial charge on any atom is -0.340 e. The first kappa shape index (κ1) is 17.1. The highest BCUT2D eigenvalue weighted by Gasteiger charge is 2.13. The molecular formula is C18H18N4O2S. The van der Waals surface area contributed by atoms with Gasteiger partial charge in [0.2, 0.25) is 10.0 Å². The van der Waals surface area contributed by atoms with E-state index < -0.39 is 10.0 Å². The molecular weight excluding hydrogens is 336 g/mol. The quantitative estimate of drug-likeness (QED) is 0.711. The van der Waals surface area contributed by atoms with E-state index in [4.69, 9.17) is 0 Å². The maximum Gasteiger partial charge on any atom is 0.240 e. The zero-order valence-electron chi connectivity index (χ0n) is 13.7. The zero-order chi connectivity index (χ0) is 17.7. The molecule has 0 aliphatic heterocycles. The molecule has 6 nitrogen and oxygen atoms in total. The summed E-state index contributed by atoms with van der Waals surface area (Å²) in [5.41, 5.74) is 2.51. The second kappa shape index (κ2) is 7.42. The van der Waals surface area contributed by atoms with Crippen LogP contribution >= 0.6 is 0 Å². The largest absolute Gasteiger partial charge is 0.340 e. The number of aryl methyl sites for hydroxylation is 1. The van der Waals surface area contributed by atoms with Gasteiger partial charge in [0.15, 0.2) is 0 Å². The second-order valence-corrected chi connectivity index (χ2v) is 7.27. The van der Waals surface area contributed by atoms with Gasteiger partial charge in [0.05, 0.1) is 4.90 Å². The standard InChI is InChI=1S/C18H18N4O2S/c1-14-11-18(20-13-19-14)22-16-7-9-17(10-8-16)25(23,24)21-12-15-5-3-2-4-6-15/h2-11,13,21H,12H2,1H3,(H,19,20,22). The van der Waals surface area contributed by atoms with Crippen LogP contribution in [0.1, 0.15) is 11.3 Å². The van der Waals surface area contributed by atoms with Crippen LogP contribution in [0.15, 0.2) is 71.9 Å². The summed E-state index contributed by atoms with van der Waals surface area (Å²) in [4.78, 5) is 8.37. The highest BCUT2D eigenvalue weighted by molar-refractivity contribution is 7.89. The Morgan fingerprint density at radius 1 is 0.960 bits per heavy atom. The molecule has 2 aromatic carbocycles. The lowest BCUT2D eigenvalue weighted by Crippen LogP contribution is -2.23. The maximum absolute atomic E-state index is 12.4. The van der Waals surface area contributed by atoms with Crippen molar-refractivity contribution < 1.29 is 8.42 Å². The highest BCUT2D eigenvalue weighted by Crippen LogP contribution is 2.18. The van der Waals surface area contributed by atoms with Gasteiger partial charge in [-0.1, -0.05) is 30.3 Å². The SMILES string of the molecule is Cc1cc(Nc2ccc(S(=O)(=O)NCc3ccccc3)cc2)ncn1. The van der Waals surface area contributed by atoms with Crippen LogP contribution < -0.4 is 10.0 Å².